The zero-order chi connectivity index (χ0) is 19.3. The Morgan fingerprint density at radius 1 is 0.893 bits per heavy atom. The molecule has 139 valence electrons. The molecule has 28 heavy (non-hydrogen) atoms. The van der Waals surface area contributed by atoms with E-state index in [9.17, 15) is 9.59 Å². The van der Waals surface area contributed by atoms with Crippen LogP contribution in [0.1, 0.15) is 22.6 Å². The highest BCUT2D eigenvalue weighted by molar-refractivity contribution is 5.79. The van der Waals surface area contributed by atoms with Gasteiger partial charge in [-0.3, -0.25) is 4.79 Å². The molecule has 1 radical (unpaired) electrons. The number of hydrogen-bond donors (Lipinski definition) is 1. The van der Waals surface area contributed by atoms with Gasteiger partial charge in [0, 0.05) is 12.3 Å². The van der Waals surface area contributed by atoms with Gasteiger partial charge < -0.3 is 10.1 Å². The van der Waals surface area contributed by atoms with Gasteiger partial charge in [0.2, 0.25) is 6.29 Å². The maximum atomic E-state index is 12.3. The Labute approximate surface area is 164 Å². The van der Waals surface area contributed by atoms with Crippen LogP contribution in [0, 0.1) is 0 Å². The van der Waals surface area contributed by atoms with E-state index >= 15 is 0 Å². The lowest BCUT2D eigenvalue weighted by molar-refractivity contribution is 0.141. The molecule has 0 bridgehead atoms. The van der Waals surface area contributed by atoms with E-state index in [1.807, 2.05) is 60.9 Å². The molecular weight excluding hydrogens is 350 g/mol. The van der Waals surface area contributed by atoms with Gasteiger partial charge in [-0.2, -0.15) is 0 Å². The molecule has 3 aromatic carbocycles. The topological polar surface area (TPSA) is 55.4 Å². The minimum Gasteiger partial charge on any atom is -0.449 e. The van der Waals surface area contributed by atoms with Gasteiger partial charge in [0.25, 0.3) is 0 Å². The van der Waals surface area contributed by atoms with Crippen molar-refractivity contribution < 1.29 is 14.3 Å². The van der Waals surface area contributed by atoms with E-state index in [0.717, 1.165) is 16.7 Å². The Kier molecular flexibility index (Phi) is 5.20. The van der Waals surface area contributed by atoms with Crippen molar-refractivity contribution in [1.29, 1.82) is 0 Å². The summed E-state index contributed by atoms with van der Waals surface area (Å²) < 4.78 is 5.48. The van der Waals surface area contributed by atoms with Gasteiger partial charge >= 0.3 is 6.09 Å². The third-order valence-electron chi connectivity index (χ3n) is 5.06. The number of nitrogens with one attached hydrogen (secondary N) is 1. The van der Waals surface area contributed by atoms with Gasteiger partial charge in [-0.05, 0) is 27.8 Å². The summed E-state index contributed by atoms with van der Waals surface area (Å²) in [5, 5.41) is 2.60. The van der Waals surface area contributed by atoms with Crippen molar-refractivity contribution in [1.82, 2.24) is 5.32 Å². The average Bonchev–Trinajstić information content (AvgIpc) is 3.06. The quantitative estimate of drug-likeness (QED) is 0.706. The van der Waals surface area contributed by atoms with Gasteiger partial charge in [-0.1, -0.05) is 78.9 Å². The summed E-state index contributed by atoms with van der Waals surface area (Å²) in [4.78, 5) is 23.5. The van der Waals surface area contributed by atoms with Gasteiger partial charge in [-0.25, -0.2) is 4.79 Å². The molecule has 1 amide bonds. The van der Waals surface area contributed by atoms with Crippen molar-refractivity contribution in [3.05, 3.63) is 95.6 Å². The van der Waals surface area contributed by atoms with Crippen LogP contribution in [0.5, 0.6) is 0 Å². The van der Waals surface area contributed by atoms with Crippen LogP contribution in [0.15, 0.2) is 78.9 Å². The molecule has 1 aliphatic carbocycles. The number of carbonyl (C=O) groups is 1. The lowest BCUT2D eigenvalue weighted by Crippen LogP contribution is -2.38. The number of benzene rings is 3. The van der Waals surface area contributed by atoms with Gasteiger partial charge in [0.15, 0.2) is 0 Å². The summed E-state index contributed by atoms with van der Waals surface area (Å²) >= 11 is 0. The van der Waals surface area contributed by atoms with Crippen LogP contribution in [-0.2, 0) is 16.0 Å². The van der Waals surface area contributed by atoms with E-state index < -0.39 is 12.1 Å². The Balaban J connectivity index is 1.41. The molecule has 0 aliphatic heterocycles. The molecule has 3 aromatic rings. The number of fused-ring (bicyclic) bond motifs is 3. The number of carbonyl (C=O) groups excluding carboxylic acids is 2. The van der Waals surface area contributed by atoms with E-state index in [1.165, 1.54) is 11.1 Å². The lowest BCUT2D eigenvalue weighted by Gasteiger charge is -2.16. The fourth-order valence-corrected chi connectivity index (χ4v) is 3.75. The summed E-state index contributed by atoms with van der Waals surface area (Å²) in [5.74, 6) is -0.00839. The highest BCUT2D eigenvalue weighted by Crippen LogP contribution is 2.44. The first-order chi connectivity index (χ1) is 13.8. The summed E-state index contributed by atoms with van der Waals surface area (Å²) in [6.07, 6.45) is 1.66. The van der Waals surface area contributed by atoms with Crippen molar-refractivity contribution in [2.75, 3.05) is 6.61 Å². The lowest BCUT2D eigenvalue weighted by atomic mass is 9.98. The first kappa shape index (κ1) is 18.0. The summed E-state index contributed by atoms with van der Waals surface area (Å²) in [6, 6.07) is 25.1. The van der Waals surface area contributed by atoms with Crippen LogP contribution in [0.2, 0.25) is 0 Å². The molecule has 0 fully saturated rings. The summed E-state index contributed by atoms with van der Waals surface area (Å²) in [5.41, 5.74) is 5.61. The van der Waals surface area contributed by atoms with Gasteiger partial charge in [0.1, 0.15) is 12.6 Å². The van der Waals surface area contributed by atoms with Crippen molar-refractivity contribution >= 4 is 12.4 Å². The average molecular weight is 370 g/mol. The van der Waals surface area contributed by atoms with Crippen LogP contribution in [0.25, 0.3) is 11.1 Å². The number of amides is 1. The van der Waals surface area contributed by atoms with E-state index in [4.69, 9.17) is 4.74 Å². The van der Waals surface area contributed by atoms with Crippen molar-refractivity contribution in [2.45, 2.75) is 18.4 Å². The predicted octanol–water partition coefficient (Wildman–Crippen LogP) is 4.25. The predicted molar refractivity (Wildman–Crippen MR) is 108 cm³/mol. The molecule has 1 unspecified atom stereocenters. The second kappa shape index (κ2) is 8.09. The molecule has 4 nitrogen and oxygen atoms in total. The Bertz CT molecular complexity index is 938. The van der Waals surface area contributed by atoms with Crippen LogP contribution < -0.4 is 5.32 Å². The highest BCUT2D eigenvalue weighted by atomic mass is 16.5. The number of ether oxygens (including phenoxy) is 1. The fourth-order valence-electron chi connectivity index (χ4n) is 3.75. The molecule has 0 aromatic heterocycles. The molecule has 4 heteroatoms. The van der Waals surface area contributed by atoms with Crippen molar-refractivity contribution in [3.8, 4) is 11.1 Å². The molecule has 4 rings (SSSR count). The molecule has 1 atom stereocenters. The number of rotatable bonds is 6. The van der Waals surface area contributed by atoms with Crippen LogP contribution >= 0.6 is 0 Å². The molecule has 0 spiro atoms. The summed E-state index contributed by atoms with van der Waals surface area (Å²) in [7, 11) is 0. The Hall–Kier alpha value is -3.40. The highest BCUT2D eigenvalue weighted by Gasteiger charge is 2.29. The minimum absolute atomic E-state index is 0.00839. The monoisotopic (exact) mass is 370 g/mol. The van der Waals surface area contributed by atoms with Crippen molar-refractivity contribution in [3.63, 3.8) is 0 Å². The van der Waals surface area contributed by atoms with E-state index in [0.29, 0.717) is 6.42 Å². The number of alkyl carbamates (subject to hydrolysis) is 1. The van der Waals surface area contributed by atoms with E-state index in [-0.39, 0.29) is 12.5 Å². The van der Waals surface area contributed by atoms with Gasteiger partial charge in [-0.15, -0.1) is 0 Å². The van der Waals surface area contributed by atoms with Crippen LogP contribution in [-0.4, -0.2) is 25.0 Å². The smallest absolute Gasteiger partial charge is 0.407 e. The van der Waals surface area contributed by atoms with Crippen LogP contribution in [0.3, 0.4) is 0 Å². The second-order valence-corrected chi connectivity index (χ2v) is 6.83. The Morgan fingerprint density at radius 2 is 1.46 bits per heavy atom. The third kappa shape index (κ3) is 3.67. The molecule has 0 saturated heterocycles. The normalized spacial score (nSPS) is 13.3. The summed E-state index contributed by atoms with van der Waals surface area (Å²) in [6.45, 7) is 0.219. The maximum absolute atomic E-state index is 12.3. The minimum atomic E-state index is -0.738. The van der Waals surface area contributed by atoms with E-state index in [1.54, 1.807) is 0 Å². The van der Waals surface area contributed by atoms with Crippen molar-refractivity contribution in [2.24, 2.45) is 0 Å². The van der Waals surface area contributed by atoms with E-state index in [2.05, 4.69) is 29.6 Å². The maximum Gasteiger partial charge on any atom is 0.407 e. The largest absolute Gasteiger partial charge is 0.449 e. The van der Waals surface area contributed by atoms with Gasteiger partial charge in [0.05, 0.1) is 0 Å². The standard InChI is InChI=1S/C24H20NO3/c26-15-18(14-17-8-2-1-3-9-17)25-24(27)28-16-23-21-12-6-4-10-19(21)20-11-5-7-13-22(20)23/h1-13,18,23H,14,16H2,(H,25,27). The SMILES string of the molecule is O=[C]C(Cc1ccccc1)NC(=O)OCC1c2ccccc2-c2ccccc21. The van der Waals surface area contributed by atoms with Crippen LogP contribution in [0.4, 0.5) is 4.79 Å². The molecule has 0 heterocycles. The Morgan fingerprint density at radius 3 is 2.07 bits per heavy atom. The molecule has 0 saturated carbocycles. The second-order valence-electron chi connectivity index (χ2n) is 6.83. The zero-order valence-corrected chi connectivity index (χ0v) is 15.3. The first-order valence-electron chi connectivity index (χ1n) is 9.29. The third-order valence-corrected chi connectivity index (χ3v) is 5.06. The molecule has 1 N–H and O–H groups in total. The zero-order valence-electron chi connectivity index (χ0n) is 15.3. The molecular formula is C24H20NO3. The fraction of sp³-hybridized carbons (Fsp3) is 0.167. The number of hydrogen-bond acceptors (Lipinski definition) is 3. The molecule has 1 aliphatic rings. The first-order valence-corrected chi connectivity index (χ1v) is 9.29.